The Morgan fingerprint density at radius 2 is 2.07 bits per heavy atom. The lowest BCUT2D eigenvalue weighted by Gasteiger charge is -2.51. The molecule has 3 nitrogen and oxygen atoms in total. The van der Waals surface area contributed by atoms with Gasteiger partial charge in [0.15, 0.2) is 0 Å². The van der Waals surface area contributed by atoms with Gasteiger partial charge in [0.25, 0.3) is 0 Å². The molecule has 0 aromatic rings. The Morgan fingerprint density at radius 3 is 2.47 bits per heavy atom. The van der Waals surface area contributed by atoms with Crippen molar-refractivity contribution in [1.29, 1.82) is 0 Å². The van der Waals surface area contributed by atoms with Crippen molar-refractivity contribution in [2.45, 2.75) is 52.3 Å². The topological polar surface area (TPSA) is 47.3 Å². The second-order valence-electron chi connectivity index (χ2n) is 5.58. The zero-order chi connectivity index (χ0) is 11.6. The summed E-state index contributed by atoms with van der Waals surface area (Å²) in [6.07, 6.45) is 1.52. The van der Waals surface area contributed by atoms with Gasteiger partial charge < -0.3 is 15.8 Å². The van der Waals surface area contributed by atoms with Crippen molar-refractivity contribution >= 4 is 0 Å². The summed E-state index contributed by atoms with van der Waals surface area (Å²) in [6.45, 7) is 9.79. The van der Waals surface area contributed by atoms with E-state index < -0.39 is 0 Å². The molecule has 3 N–H and O–H groups in total. The molecular formula is C12H26N2O. The van der Waals surface area contributed by atoms with E-state index in [9.17, 15) is 0 Å². The summed E-state index contributed by atoms with van der Waals surface area (Å²) in [7, 11) is 1.80. The maximum Gasteiger partial charge on any atom is 0.0652 e. The van der Waals surface area contributed by atoms with E-state index in [0.717, 1.165) is 13.0 Å². The first-order valence-corrected chi connectivity index (χ1v) is 5.91. The number of hydrogen-bond acceptors (Lipinski definition) is 3. The highest BCUT2D eigenvalue weighted by Crippen LogP contribution is 2.42. The van der Waals surface area contributed by atoms with Crippen molar-refractivity contribution in [3.63, 3.8) is 0 Å². The van der Waals surface area contributed by atoms with Crippen molar-refractivity contribution in [2.24, 2.45) is 17.1 Å². The largest absolute Gasteiger partial charge is 0.381 e. The summed E-state index contributed by atoms with van der Waals surface area (Å²) in [4.78, 5) is 0. The molecule has 0 aromatic carbocycles. The normalized spacial score (nSPS) is 33.2. The Bertz CT molecular complexity index is 204. The molecule has 3 heteroatoms. The quantitative estimate of drug-likeness (QED) is 0.726. The highest BCUT2D eigenvalue weighted by Gasteiger charge is 2.48. The highest BCUT2D eigenvalue weighted by atomic mass is 16.5. The zero-order valence-corrected chi connectivity index (χ0v) is 10.7. The number of nitrogens with two attached hydrogens (primary N) is 1. The van der Waals surface area contributed by atoms with Crippen LogP contribution in [0.15, 0.2) is 0 Å². The van der Waals surface area contributed by atoms with Gasteiger partial charge in [-0.3, -0.25) is 0 Å². The Labute approximate surface area is 93.8 Å². The van der Waals surface area contributed by atoms with Crippen LogP contribution in [-0.2, 0) is 4.74 Å². The molecule has 0 spiro atoms. The first-order valence-electron chi connectivity index (χ1n) is 5.91. The zero-order valence-electron chi connectivity index (χ0n) is 10.7. The predicted octanol–water partition coefficient (Wildman–Crippen LogP) is 1.37. The molecule has 0 aliphatic heterocycles. The van der Waals surface area contributed by atoms with E-state index in [0.29, 0.717) is 18.1 Å². The minimum Gasteiger partial charge on any atom is -0.381 e. The Hall–Kier alpha value is -0.120. The maximum absolute atomic E-state index is 5.84. The SMILES string of the molecule is COC1CC(NCC(C)C(C)N)C1(C)C. The van der Waals surface area contributed by atoms with Crippen LogP contribution in [0.3, 0.4) is 0 Å². The fourth-order valence-corrected chi connectivity index (χ4v) is 2.15. The predicted molar refractivity (Wildman–Crippen MR) is 63.8 cm³/mol. The molecule has 1 aliphatic rings. The van der Waals surface area contributed by atoms with Crippen molar-refractivity contribution in [3.8, 4) is 0 Å². The van der Waals surface area contributed by atoms with Crippen LogP contribution >= 0.6 is 0 Å². The fourth-order valence-electron chi connectivity index (χ4n) is 2.15. The molecule has 0 heterocycles. The first kappa shape index (κ1) is 12.9. The molecule has 0 radical (unpaired) electrons. The summed E-state index contributed by atoms with van der Waals surface area (Å²) in [5.74, 6) is 0.530. The second-order valence-corrected chi connectivity index (χ2v) is 5.58. The summed E-state index contributed by atoms with van der Waals surface area (Å²) in [5, 5.41) is 3.59. The van der Waals surface area contributed by atoms with Crippen LogP contribution in [0.2, 0.25) is 0 Å². The van der Waals surface area contributed by atoms with Crippen LogP contribution in [0.5, 0.6) is 0 Å². The molecule has 1 rings (SSSR count). The van der Waals surface area contributed by atoms with E-state index in [4.69, 9.17) is 10.5 Å². The minimum atomic E-state index is 0.256. The number of ether oxygens (including phenoxy) is 1. The van der Waals surface area contributed by atoms with Gasteiger partial charge in [0.05, 0.1) is 6.10 Å². The summed E-state index contributed by atoms with van der Waals surface area (Å²) < 4.78 is 5.42. The summed E-state index contributed by atoms with van der Waals surface area (Å²) >= 11 is 0. The molecule has 0 amide bonds. The summed E-state index contributed by atoms with van der Waals surface area (Å²) in [6, 6.07) is 0.836. The molecule has 4 atom stereocenters. The lowest BCUT2D eigenvalue weighted by molar-refractivity contribution is -0.0980. The van der Waals surface area contributed by atoms with E-state index in [1.165, 1.54) is 0 Å². The molecule has 1 aliphatic carbocycles. The minimum absolute atomic E-state index is 0.256. The monoisotopic (exact) mass is 214 g/mol. The van der Waals surface area contributed by atoms with Crippen LogP contribution < -0.4 is 11.1 Å². The molecule has 4 unspecified atom stereocenters. The van der Waals surface area contributed by atoms with Gasteiger partial charge in [-0.1, -0.05) is 20.8 Å². The number of rotatable bonds is 5. The van der Waals surface area contributed by atoms with Crippen molar-refractivity contribution in [3.05, 3.63) is 0 Å². The number of methoxy groups -OCH3 is 1. The first-order chi connectivity index (χ1) is 6.89. The van der Waals surface area contributed by atoms with Gasteiger partial charge in [-0.2, -0.15) is 0 Å². The Morgan fingerprint density at radius 1 is 1.47 bits per heavy atom. The third-order valence-corrected chi connectivity index (χ3v) is 4.05. The van der Waals surface area contributed by atoms with Gasteiger partial charge in [0, 0.05) is 24.6 Å². The lowest BCUT2D eigenvalue weighted by Crippen LogP contribution is -2.61. The third kappa shape index (κ3) is 2.71. The van der Waals surface area contributed by atoms with E-state index in [1.807, 2.05) is 0 Å². The summed E-state index contributed by atoms with van der Waals surface area (Å²) in [5.41, 5.74) is 6.09. The van der Waals surface area contributed by atoms with E-state index in [1.54, 1.807) is 7.11 Å². The van der Waals surface area contributed by atoms with Crippen LogP contribution in [0.1, 0.15) is 34.1 Å². The van der Waals surface area contributed by atoms with Gasteiger partial charge in [0.1, 0.15) is 0 Å². The van der Waals surface area contributed by atoms with Crippen molar-refractivity contribution in [2.75, 3.05) is 13.7 Å². The van der Waals surface area contributed by atoms with Gasteiger partial charge in [-0.05, 0) is 25.8 Å². The molecule has 1 fully saturated rings. The highest BCUT2D eigenvalue weighted by molar-refractivity contribution is 5.02. The number of nitrogens with one attached hydrogen (secondary N) is 1. The maximum atomic E-state index is 5.84. The van der Waals surface area contributed by atoms with Gasteiger partial charge in [-0.15, -0.1) is 0 Å². The van der Waals surface area contributed by atoms with Crippen LogP contribution in [0.4, 0.5) is 0 Å². The van der Waals surface area contributed by atoms with Crippen LogP contribution in [0.25, 0.3) is 0 Å². The average Bonchev–Trinajstić information content (AvgIpc) is 2.15. The average molecular weight is 214 g/mol. The van der Waals surface area contributed by atoms with Crippen molar-refractivity contribution in [1.82, 2.24) is 5.32 Å². The molecule has 0 saturated heterocycles. The Kier molecular flexibility index (Phi) is 4.15. The molecule has 0 aromatic heterocycles. The number of hydrogen-bond donors (Lipinski definition) is 2. The molecule has 15 heavy (non-hydrogen) atoms. The van der Waals surface area contributed by atoms with Crippen LogP contribution in [-0.4, -0.2) is 31.8 Å². The van der Waals surface area contributed by atoms with E-state index in [2.05, 4.69) is 33.0 Å². The van der Waals surface area contributed by atoms with Gasteiger partial charge >= 0.3 is 0 Å². The van der Waals surface area contributed by atoms with E-state index >= 15 is 0 Å². The molecule has 0 bridgehead atoms. The van der Waals surface area contributed by atoms with E-state index in [-0.39, 0.29) is 11.5 Å². The smallest absolute Gasteiger partial charge is 0.0652 e. The fraction of sp³-hybridized carbons (Fsp3) is 1.00. The van der Waals surface area contributed by atoms with Gasteiger partial charge in [0.2, 0.25) is 0 Å². The second kappa shape index (κ2) is 4.81. The standard InChI is InChI=1S/C12H26N2O/c1-8(9(2)13)7-14-10-6-11(15-5)12(10,3)4/h8-11,14H,6-7,13H2,1-5H3. The van der Waals surface area contributed by atoms with Gasteiger partial charge in [-0.25, -0.2) is 0 Å². The molecular weight excluding hydrogens is 188 g/mol. The lowest BCUT2D eigenvalue weighted by atomic mass is 9.64. The van der Waals surface area contributed by atoms with Crippen molar-refractivity contribution < 1.29 is 4.74 Å². The van der Waals surface area contributed by atoms with Crippen LogP contribution in [0, 0.1) is 11.3 Å². The molecule has 1 saturated carbocycles. The molecule has 90 valence electrons. The third-order valence-electron chi connectivity index (χ3n) is 4.05. The Balaban J connectivity index is 2.30.